The molecule has 1 aliphatic carbocycles. The van der Waals surface area contributed by atoms with E-state index in [0.29, 0.717) is 5.92 Å². The van der Waals surface area contributed by atoms with Gasteiger partial charge in [-0.15, -0.1) is 0 Å². The lowest BCUT2D eigenvalue weighted by atomic mass is 9.88. The molecule has 0 spiro atoms. The van der Waals surface area contributed by atoms with Crippen LogP contribution in [0.3, 0.4) is 0 Å². The van der Waals surface area contributed by atoms with Gasteiger partial charge in [0.1, 0.15) is 0 Å². The van der Waals surface area contributed by atoms with Gasteiger partial charge in [0.25, 0.3) is 0 Å². The highest BCUT2D eigenvalue weighted by molar-refractivity contribution is 4.69. The molecule has 0 aromatic heterocycles. The molecular weight excluding hydrogens is 100 g/mol. The first-order valence-corrected chi connectivity index (χ1v) is 3.46. The summed E-state index contributed by atoms with van der Waals surface area (Å²) >= 11 is 0. The van der Waals surface area contributed by atoms with Gasteiger partial charge in [0.2, 0.25) is 0 Å². The summed E-state index contributed by atoms with van der Waals surface area (Å²) in [5.74, 6) is 0.448. The predicted octanol–water partition coefficient (Wildman–Crippen LogP) is 2.00. The maximum atomic E-state index is 10.9. The van der Waals surface area contributed by atoms with Crippen molar-refractivity contribution in [3.8, 4) is 0 Å². The molecule has 1 saturated carbocycles. The van der Waals surface area contributed by atoms with Crippen molar-refractivity contribution < 1.29 is 5.11 Å². The van der Waals surface area contributed by atoms with E-state index >= 15 is 0 Å². The van der Waals surface area contributed by atoms with Crippen molar-refractivity contribution in [1.29, 1.82) is 0 Å². The quantitative estimate of drug-likeness (QED) is 0.458. The monoisotopic (exact) mass is 113 g/mol. The first-order valence-electron chi connectivity index (χ1n) is 3.46. The zero-order chi connectivity index (χ0) is 5.98. The molecule has 0 bridgehead atoms. The van der Waals surface area contributed by atoms with Gasteiger partial charge >= 0.3 is 0 Å². The number of hydrogen-bond acceptors (Lipinski definition) is 0. The van der Waals surface area contributed by atoms with Crippen molar-refractivity contribution in [3.05, 3.63) is 0 Å². The molecule has 2 atom stereocenters. The van der Waals surface area contributed by atoms with E-state index in [9.17, 15) is 5.11 Å². The van der Waals surface area contributed by atoms with Crippen LogP contribution in [0.2, 0.25) is 0 Å². The first-order chi connectivity index (χ1) is 3.80. The van der Waals surface area contributed by atoms with Gasteiger partial charge in [-0.2, -0.15) is 0 Å². The molecular formula is C7H13O. The Hall–Kier alpha value is -0.0400. The van der Waals surface area contributed by atoms with E-state index < -0.39 is 0 Å². The smallest absolute Gasteiger partial charge is 0.0955 e. The highest BCUT2D eigenvalue weighted by atomic mass is 16.3. The molecule has 0 N–H and O–H groups in total. The lowest BCUT2D eigenvalue weighted by molar-refractivity contribution is 0.0155. The number of hydrogen-bond donors (Lipinski definition) is 0. The Labute approximate surface area is 50.7 Å². The van der Waals surface area contributed by atoms with Crippen LogP contribution >= 0.6 is 0 Å². The molecule has 1 rings (SSSR count). The molecule has 47 valence electrons. The summed E-state index contributed by atoms with van der Waals surface area (Å²) in [7, 11) is 0. The molecule has 0 aromatic carbocycles. The van der Waals surface area contributed by atoms with Gasteiger partial charge in [-0.3, -0.25) is 0 Å². The van der Waals surface area contributed by atoms with Crippen molar-refractivity contribution in [2.75, 3.05) is 0 Å². The van der Waals surface area contributed by atoms with Crippen LogP contribution in [0.15, 0.2) is 0 Å². The molecule has 2 unspecified atom stereocenters. The summed E-state index contributed by atoms with van der Waals surface area (Å²) in [4.78, 5) is 0. The second kappa shape index (κ2) is 2.49. The Morgan fingerprint density at radius 2 is 1.88 bits per heavy atom. The van der Waals surface area contributed by atoms with Crippen molar-refractivity contribution in [3.63, 3.8) is 0 Å². The normalized spacial score (nSPS) is 39.8. The van der Waals surface area contributed by atoms with Gasteiger partial charge in [0.05, 0.1) is 6.10 Å². The van der Waals surface area contributed by atoms with E-state index in [-0.39, 0.29) is 6.10 Å². The summed E-state index contributed by atoms with van der Waals surface area (Å²) in [6, 6.07) is 0. The standard InChI is InChI=1S/C7H13O/c1-6-4-2-3-5-7(6)8/h6-7H,2-5H2,1H3. The van der Waals surface area contributed by atoms with E-state index in [1.54, 1.807) is 0 Å². The Kier molecular flexibility index (Phi) is 1.90. The summed E-state index contributed by atoms with van der Waals surface area (Å²) in [5.41, 5.74) is 0. The van der Waals surface area contributed by atoms with Crippen molar-refractivity contribution in [2.45, 2.75) is 38.7 Å². The third-order valence-electron chi connectivity index (χ3n) is 2.03. The first kappa shape index (κ1) is 6.09. The zero-order valence-electron chi connectivity index (χ0n) is 5.39. The van der Waals surface area contributed by atoms with E-state index in [4.69, 9.17) is 0 Å². The molecule has 1 radical (unpaired) electrons. The Bertz CT molecular complexity index is 60.8. The minimum atomic E-state index is -0.247. The fraction of sp³-hybridized carbons (Fsp3) is 1.00. The molecule has 0 saturated heterocycles. The minimum Gasteiger partial charge on any atom is -0.233 e. The summed E-state index contributed by atoms with van der Waals surface area (Å²) < 4.78 is 0. The zero-order valence-corrected chi connectivity index (χ0v) is 5.39. The van der Waals surface area contributed by atoms with Crippen LogP contribution in [0, 0.1) is 5.92 Å². The molecule has 1 heteroatoms. The van der Waals surface area contributed by atoms with E-state index in [2.05, 4.69) is 6.92 Å². The van der Waals surface area contributed by atoms with Crippen LogP contribution in [-0.4, -0.2) is 6.10 Å². The maximum Gasteiger partial charge on any atom is 0.0955 e. The highest BCUT2D eigenvalue weighted by Gasteiger charge is 2.19. The van der Waals surface area contributed by atoms with Gasteiger partial charge in [-0.05, 0) is 18.8 Å². The molecule has 0 amide bonds. The number of rotatable bonds is 0. The molecule has 1 nitrogen and oxygen atoms in total. The second-order valence-corrected chi connectivity index (χ2v) is 2.80. The maximum absolute atomic E-state index is 10.9. The van der Waals surface area contributed by atoms with Crippen LogP contribution in [0.5, 0.6) is 0 Å². The average Bonchev–Trinajstić information content (AvgIpc) is 1.77. The summed E-state index contributed by atoms with van der Waals surface area (Å²) in [6.07, 6.45) is 4.28. The Morgan fingerprint density at radius 1 is 1.25 bits per heavy atom. The largest absolute Gasteiger partial charge is 0.233 e. The topological polar surface area (TPSA) is 19.9 Å². The van der Waals surface area contributed by atoms with Crippen LogP contribution in [0.25, 0.3) is 0 Å². The molecule has 1 fully saturated rings. The van der Waals surface area contributed by atoms with Gasteiger partial charge in [0, 0.05) is 0 Å². The fourth-order valence-electron chi connectivity index (χ4n) is 1.28. The van der Waals surface area contributed by atoms with Crippen molar-refractivity contribution in [2.24, 2.45) is 5.92 Å². The molecule has 0 aliphatic heterocycles. The van der Waals surface area contributed by atoms with E-state index in [0.717, 1.165) is 12.8 Å². The third kappa shape index (κ3) is 1.22. The van der Waals surface area contributed by atoms with Gasteiger partial charge in [-0.1, -0.05) is 19.8 Å². The van der Waals surface area contributed by atoms with Crippen LogP contribution in [0.4, 0.5) is 0 Å². The fourth-order valence-corrected chi connectivity index (χ4v) is 1.28. The van der Waals surface area contributed by atoms with E-state index in [1.807, 2.05) is 0 Å². The second-order valence-electron chi connectivity index (χ2n) is 2.80. The SMILES string of the molecule is CC1CCCCC1[O]. The van der Waals surface area contributed by atoms with Gasteiger partial charge in [0.15, 0.2) is 0 Å². The lowest BCUT2D eigenvalue weighted by Gasteiger charge is -2.21. The van der Waals surface area contributed by atoms with Crippen molar-refractivity contribution in [1.82, 2.24) is 0 Å². The molecule has 8 heavy (non-hydrogen) atoms. The highest BCUT2D eigenvalue weighted by Crippen LogP contribution is 2.23. The van der Waals surface area contributed by atoms with E-state index in [1.165, 1.54) is 12.8 Å². The van der Waals surface area contributed by atoms with Crippen LogP contribution in [-0.2, 0) is 5.11 Å². The van der Waals surface area contributed by atoms with Crippen LogP contribution < -0.4 is 0 Å². The Morgan fingerprint density at radius 3 is 2.25 bits per heavy atom. The lowest BCUT2D eigenvalue weighted by Crippen LogP contribution is -2.19. The van der Waals surface area contributed by atoms with Gasteiger partial charge < -0.3 is 0 Å². The van der Waals surface area contributed by atoms with Gasteiger partial charge in [-0.25, -0.2) is 5.11 Å². The molecule has 1 aliphatic rings. The minimum absolute atomic E-state index is 0.247. The summed E-state index contributed by atoms with van der Waals surface area (Å²) in [5, 5.41) is 10.9. The molecule has 0 aromatic rings. The Balaban J connectivity index is 2.28. The average molecular weight is 113 g/mol. The van der Waals surface area contributed by atoms with Crippen LogP contribution in [0.1, 0.15) is 32.6 Å². The van der Waals surface area contributed by atoms with Crippen molar-refractivity contribution >= 4 is 0 Å². The predicted molar refractivity (Wildman–Crippen MR) is 32.1 cm³/mol. The third-order valence-corrected chi connectivity index (χ3v) is 2.03. The molecule has 0 heterocycles. The summed E-state index contributed by atoms with van der Waals surface area (Å²) in [6.45, 7) is 2.07.